The third-order valence-electron chi connectivity index (χ3n) is 18.0. The molecule has 0 bridgehead atoms. The first-order valence-corrected chi connectivity index (χ1v) is 30.3. The first kappa shape index (κ1) is 51.9. The maximum atomic E-state index is 15.5. The molecule has 0 N–H and O–H groups in total. The summed E-state index contributed by atoms with van der Waals surface area (Å²) >= 11 is 0. The van der Waals surface area contributed by atoms with Crippen LogP contribution < -0.4 is 5.43 Å². The van der Waals surface area contributed by atoms with E-state index in [0.717, 1.165) is 128 Å². The molecule has 0 aliphatic carbocycles. The molecule has 1 aliphatic heterocycles. The zero-order chi connectivity index (χ0) is 60.5. The molecule has 91 heavy (non-hydrogen) atoms. The van der Waals surface area contributed by atoms with Gasteiger partial charge in [-0.25, -0.2) is 39.9 Å². The van der Waals surface area contributed by atoms with Crippen molar-refractivity contribution in [1.29, 1.82) is 0 Å². The van der Waals surface area contributed by atoms with Gasteiger partial charge in [-0.15, -0.1) is 0 Å². The van der Waals surface area contributed by atoms with Crippen LogP contribution in [-0.2, 0) is 5.41 Å². The van der Waals surface area contributed by atoms with Crippen LogP contribution in [0.4, 0.5) is 0 Å². The Labute approximate surface area is 520 Å². The summed E-state index contributed by atoms with van der Waals surface area (Å²) in [7, 11) is 0. The van der Waals surface area contributed by atoms with Gasteiger partial charge in [-0.1, -0.05) is 190 Å². The molecule has 0 amide bonds. The normalized spacial score (nSPS) is 12.6. The first-order chi connectivity index (χ1) is 44.8. The summed E-state index contributed by atoms with van der Waals surface area (Å²) in [6.07, 6.45) is 1.80. The van der Waals surface area contributed by atoms with E-state index in [0.29, 0.717) is 51.3 Å². The van der Waals surface area contributed by atoms with Gasteiger partial charge >= 0.3 is 0 Å². The van der Waals surface area contributed by atoms with E-state index in [9.17, 15) is 0 Å². The van der Waals surface area contributed by atoms with E-state index in [1.807, 2.05) is 158 Å². The Bertz CT molecular complexity index is 5760. The average Bonchev–Trinajstić information content (AvgIpc) is 1.64. The Balaban J connectivity index is 0.797. The number of hydrogen-bond acceptors (Lipinski definition) is 10. The molecule has 8 aromatic heterocycles. The van der Waals surface area contributed by atoms with Crippen molar-refractivity contribution in [1.82, 2.24) is 53.8 Å². The molecule has 0 atom stereocenters. The smallest absolute Gasteiger partial charge is 0.197 e. The summed E-state index contributed by atoms with van der Waals surface area (Å²) < 4.78 is 4.52. The lowest BCUT2D eigenvalue weighted by Gasteiger charge is -2.35. The quantitative estimate of drug-likeness (QED) is 0.128. The third kappa shape index (κ3) is 8.30. The van der Waals surface area contributed by atoms with Gasteiger partial charge in [0.25, 0.3) is 0 Å². The van der Waals surface area contributed by atoms with Crippen molar-refractivity contribution in [3.8, 4) is 108 Å². The van der Waals surface area contributed by atoms with E-state index in [1.165, 1.54) is 0 Å². The molecule has 1 aliphatic rings. The van der Waals surface area contributed by atoms with Gasteiger partial charge in [0.15, 0.2) is 40.4 Å². The SMILES string of the molecule is CC1(C)c2cc(-c3nc(-c4ccccc4)nc(-c4ccccc4)n3)ccc2-n2c3ccc(-c4ccccc4)nc3c3nc(-c4cccc(-c5ccc6c(c5)c(=O)c5cc(-c7nc(-c8ccccc8)nc(-c8ccccc8)n7)cc7c8ncccc8n6c57)c4)cc1c32. The highest BCUT2D eigenvalue weighted by Gasteiger charge is 2.38. The van der Waals surface area contributed by atoms with Crippen LogP contribution in [0.3, 0.4) is 0 Å². The lowest BCUT2D eigenvalue weighted by Crippen LogP contribution is -2.26. The fraction of sp³-hybridized carbons (Fsp3) is 0.0380. The van der Waals surface area contributed by atoms with Gasteiger partial charge in [-0.3, -0.25) is 9.78 Å². The summed E-state index contributed by atoms with van der Waals surface area (Å²) in [5.41, 5.74) is 20.0. The van der Waals surface area contributed by atoms with Crippen LogP contribution >= 0.6 is 0 Å². The average molecular weight is 1170 g/mol. The first-order valence-electron chi connectivity index (χ1n) is 30.3. The van der Waals surface area contributed by atoms with Crippen LogP contribution in [0.25, 0.3) is 168 Å². The lowest BCUT2D eigenvalue weighted by molar-refractivity contribution is 0.630. The maximum Gasteiger partial charge on any atom is 0.197 e. The second-order valence-electron chi connectivity index (χ2n) is 23.7. The molecule has 0 saturated carbocycles. The monoisotopic (exact) mass is 1170 g/mol. The van der Waals surface area contributed by atoms with Gasteiger partial charge in [0, 0.05) is 72.3 Å². The fourth-order valence-corrected chi connectivity index (χ4v) is 13.5. The van der Waals surface area contributed by atoms with Crippen molar-refractivity contribution in [2.75, 3.05) is 0 Å². The standard InChI is InChI=1S/C79H49N11O/c1-79(2)59-44-54(77-85-73(47-22-10-4-11-23-47)83-74(86-77)48-24-12-5-13-25-48)34-37-64(59)90-66-38-35-61(46-20-8-3-9-21-46)81-68(66)69-71(90)60(79)45-62(82-69)53-31-18-30-51(40-53)52-33-36-63-56(41-52)72(91)58-43-55(42-57-67-65(32-19-39-80-67)89(63)70(57)58)78-87-75(49-26-14-6-15-27-49)84-76(88-78)50-28-16-7-17-29-50/h3-45H,1-2H3. The number of nitrogens with zero attached hydrogens (tertiary/aromatic N) is 11. The van der Waals surface area contributed by atoms with E-state index in [1.54, 1.807) is 6.20 Å². The summed E-state index contributed by atoms with van der Waals surface area (Å²) in [4.78, 5) is 62.0. The van der Waals surface area contributed by atoms with Crippen molar-refractivity contribution in [2.24, 2.45) is 0 Å². The van der Waals surface area contributed by atoms with Crippen LogP contribution in [-0.4, -0.2) is 53.8 Å². The van der Waals surface area contributed by atoms with Gasteiger partial charge in [-0.05, 0) is 101 Å². The van der Waals surface area contributed by atoms with Crippen LogP contribution in [0.15, 0.2) is 266 Å². The molecular formula is C79H49N11O. The van der Waals surface area contributed by atoms with E-state index < -0.39 is 5.41 Å². The zero-order valence-electron chi connectivity index (χ0n) is 49.2. The van der Waals surface area contributed by atoms with Crippen LogP contribution in [0.5, 0.6) is 0 Å². The zero-order valence-corrected chi connectivity index (χ0v) is 49.2. The van der Waals surface area contributed by atoms with Crippen molar-refractivity contribution in [3.63, 3.8) is 0 Å². The molecular weight excluding hydrogens is 1120 g/mol. The Morgan fingerprint density at radius 1 is 0.308 bits per heavy atom. The minimum atomic E-state index is -0.556. The predicted molar refractivity (Wildman–Crippen MR) is 363 cm³/mol. The summed E-state index contributed by atoms with van der Waals surface area (Å²) in [5.74, 6) is 3.32. The molecule has 17 aromatic rings. The highest BCUT2D eigenvalue weighted by molar-refractivity contribution is 6.17. The fourth-order valence-electron chi connectivity index (χ4n) is 13.5. The Morgan fingerprint density at radius 3 is 1.42 bits per heavy atom. The number of aromatic nitrogens is 11. The Kier molecular flexibility index (Phi) is 11.5. The second kappa shape index (κ2) is 20.1. The van der Waals surface area contributed by atoms with Crippen LogP contribution in [0, 0.1) is 0 Å². The van der Waals surface area contributed by atoms with Crippen molar-refractivity contribution in [2.45, 2.75) is 19.3 Å². The molecule has 12 heteroatoms. The predicted octanol–water partition coefficient (Wildman–Crippen LogP) is 17.5. The van der Waals surface area contributed by atoms with E-state index in [4.69, 9.17) is 44.9 Å². The minimum Gasteiger partial charge on any atom is -0.306 e. The van der Waals surface area contributed by atoms with Crippen molar-refractivity contribution >= 4 is 60.3 Å². The Hall–Kier alpha value is -12.3. The summed E-state index contributed by atoms with van der Waals surface area (Å²) in [5, 5.41) is 1.95. The molecule has 12 nitrogen and oxygen atoms in total. The maximum absolute atomic E-state index is 15.5. The van der Waals surface area contributed by atoms with Gasteiger partial charge in [0.2, 0.25) is 0 Å². The second-order valence-corrected chi connectivity index (χ2v) is 23.7. The number of benzene rings is 9. The molecule has 0 saturated heterocycles. The summed E-state index contributed by atoms with van der Waals surface area (Å²) in [6.45, 7) is 4.59. The Morgan fingerprint density at radius 2 is 0.802 bits per heavy atom. The highest BCUT2D eigenvalue weighted by Crippen LogP contribution is 2.49. The highest BCUT2D eigenvalue weighted by atomic mass is 16.1. The van der Waals surface area contributed by atoms with E-state index in [-0.39, 0.29) is 5.43 Å². The number of rotatable bonds is 9. The van der Waals surface area contributed by atoms with E-state index >= 15 is 4.79 Å². The molecule has 0 fully saturated rings. The number of fused-ring (bicyclic) bond motifs is 10. The van der Waals surface area contributed by atoms with Gasteiger partial charge in [0.1, 0.15) is 11.0 Å². The topological polar surface area (TPSA) is 142 Å². The third-order valence-corrected chi connectivity index (χ3v) is 18.0. The number of hydrogen-bond donors (Lipinski definition) is 0. The van der Waals surface area contributed by atoms with Gasteiger partial charge in [-0.2, -0.15) is 0 Å². The molecule has 9 aromatic carbocycles. The molecule has 0 radical (unpaired) electrons. The van der Waals surface area contributed by atoms with Gasteiger partial charge in [0.05, 0.1) is 50.2 Å². The molecule has 9 heterocycles. The minimum absolute atomic E-state index is 0.102. The largest absolute Gasteiger partial charge is 0.306 e. The summed E-state index contributed by atoms with van der Waals surface area (Å²) in [6, 6.07) is 86.1. The molecule has 426 valence electrons. The van der Waals surface area contributed by atoms with Gasteiger partial charge < -0.3 is 8.97 Å². The lowest BCUT2D eigenvalue weighted by atomic mass is 9.74. The van der Waals surface area contributed by atoms with Crippen molar-refractivity contribution in [3.05, 3.63) is 282 Å². The van der Waals surface area contributed by atoms with E-state index in [2.05, 4.69) is 120 Å². The number of pyridine rings is 4. The molecule has 0 unspecified atom stereocenters. The van der Waals surface area contributed by atoms with Crippen LogP contribution in [0.1, 0.15) is 25.0 Å². The molecule has 0 spiro atoms. The van der Waals surface area contributed by atoms with Crippen LogP contribution in [0.2, 0.25) is 0 Å². The van der Waals surface area contributed by atoms with Crippen molar-refractivity contribution < 1.29 is 0 Å². The molecule has 18 rings (SSSR count).